The van der Waals surface area contributed by atoms with Gasteiger partial charge < -0.3 is 0 Å². The summed E-state index contributed by atoms with van der Waals surface area (Å²) in [5.41, 5.74) is 0. The van der Waals surface area contributed by atoms with Gasteiger partial charge in [-0.25, -0.2) is 17.5 Å². The minimum absolute atomic E-state index is 0.0897. The van der Waals surface area contributed by atoms with Crippen molar-refractivity contribution in [3.8, 4) is 0 Å². The first-order valence-electron chi connectivity index (χ1n) is 5.33. The number of hydrogen-bond donors (Lipinski definition) is 1. The summed E-state index contributed by atoms with van der Waals surface area (Å²) in [5.74, 6) is -0.448. The average Bonchev–Trinajstić information content (AvgIpc) is 2.28. The molecule has 1 N–H and O–H groups in total. The molecule has 0 spiro atoms. The molecule has 6 heteroatoms. The van der Waals surface area contributed by atoms with Crippen molar-refractivity contribution in [3.63, 3.8) is 0 Å². The number of alkyl halides is 1. The van der Waals surface area contributed by atoms with Crippen LogP contribution in [-0.4, -0.2) is 19.8 Å². The molecule has 0 aliphatic heterocycles. The molecule has 96 valence electrons. The van der Waals surface area contributed by atoms with Gasteiger partial charge in [-0.3, -0.25) is 0 Å². The number of sulfonamides is 1. The summed E-state index contributed by atoms with van der Waals surface area (Å²) in [7, 11) is -3.55. The second-order valence-corrected chi connectivity index (χ2v) is 6.17. The van der Waals surface area contributed by atoms with Gasteiger partial charge in [-0.05, 0) is 37.1 Å². The molecule has 0 heterocycles. The van der Waals surface area contributed by atoms with E-state index in [0.29, 0.717) is 6.42 Å². The van der Waals surface area contributed by atoms with Gasteiger partial charge in [0.05, 0.1) is 4.90 Å². The lowest BCUT2D eigenvalue weighted by atomic mass is 10.2. The van der Waals surface area contributed by atoms with Crippen molar-refractivity contribution in [2.45, 2.75) is 30.7 Å². The topological polar surface area (TPSA) is 46.2 Å². The Hall–Kier alpha value is -0.460. The lowest BCUT2D eigenvalue weighted by Crippen LogP contribution is -2.34. The van der Waals surface area contributed by atoms with Crippen LogP contribution in [0.5, 0.6) is 0 Å². The molecule has 0 bridgehead atoms. The van der Waals surface area contributed by atoms with E-state index in [4.69, 9.17) is 0 Å². The van der Waals surface area contributed by atoms with Crippen LogP contribution in [0.4, 0.5) is 4.39 Å². The molecule has 1 unspecified atom stereocenters. The Morgan fingerprint density at radius 3 is 2.41 bits per heavy atom. The van der Waals surface area contributed by atoms with Crippen LogP contribution in [0.15, 0.2) is 29.2 Å². The Bertz CT molecular complexity index is 447. The van der Waals surface area contributed by atoms with Crippen molar-refractivity contribution in [2.24, 2.45) is 0 Å². The Balaban J connectivity index is 2.84. The van der Waals surface area contributed by atoms with Crippen LogP contribution < -0.4 is 4.72 Å². The highest BCUT2D eigenvalue weighted by atomic mass is 79.9. The van der Waals surface area contributed by atoms with Gasteiger partial charge in [-0.2, -0.15) is 0 Å². The highest BCUT2D eigenvalue weighted by Crippen LogP contribution is 2.12. The maximum atomic E-state index is 12.7. The maximum Gasteiger partial charge on any atom is 0.240 e. The van der Waals surface area contributed by atoms with E-state index in [-0.39, 0.29) is 10.9 Å². The fourth-order valence-electron chi connectivity index (χ4n) is 1.38. The van der Waals surface area contributed by atoms with Crippen LogP contribution in [0, 0.1) is 5.82 Å². The lowest BCUT2D eigenvalue weighted by molar-refractivity contribution is 0.532. The number of benzene rings is 1. The predicted molar refractivity (Wildman–Crippen MR) is 69.2 cm³/mol. The standard InChI is InChI=1S/C11H15BrFNO2S/c1-2-10(7-8-12)14-17(15,16)11-5-3-9(13)4-6-11/h3-6,10,14H,2,7-8H2,1H3. The van der Waals surface area contributed by atoms with Crippen LogP contribution in [0.3, 0.4) is 0 Å². The van der Waals surface area contributed by atoms with Gasteiger partial charge >= 0.3 is 0 Å². The molecule has 1 aromatic rings. The SMILES string of the molecule is CCC(CCBr)NS(=O)(=O)c1ccc(F)cc1. The van der Waals surface area contributed by atoms with E-state index >= 15 is 0 Å². The average molecular weight is 324 g/mol. The van der Waals surface area contributed by atoms with Crippen molar-refractivity contribution in [3.05, 3.63) is 30.1 Å². The normalized spacial score (nSPS) is 13.6. The largest absolute Gasteiger partial charge is 0.240 e. The zero-order valence-electron chi connectivity index (χ0n) is 9.49. The van der Waals surface area contributed by atoms with Gasteiger partial charge in [-0.1, -0.05) is 22.9 Å². The number of nitrogens with one attached hydrogen (secondary N) is 1. The Labute approximate surface area is 110 Å². The van der Waals surface area contributed by atoms with E-state index in [1.165, 1.54) is 12.1 Å². The summed E-state index contributed by atoms with van der Waals surface area (Å²) >= 11 is 3.28. The van der Waals surface area contributed by atoms with E-state index < -0.39 is 15.8 Å². The minimum atomic E-state index is -3.55. The first-order chi connectivity index (χ1) is 7.99. The number of halogens is 2. The predicted octanol–water partition coefficient (Wildman–Crippen LogP) is 2.67. The van der Waals surface area contributed by atoms with Crippen LogP contribution in [0.1, 0.15) is 19.8 Å². The van der Waals surface area contributed by atoms with Gasteiger partial charge in [0.25, 0.3) is 0 Å². The number of hydrogen-bond acceptors (Lipinski definition) is 2. The third-order valence-electron chi connectivity index (χ3n) is 2.40. The summed E-state index contributed by atoms with van der Waals surface area (Å²) < 4.78 is 39.2. The Morgan fingerprint density at radius 1 is 1.35 bits per heavy atom. The molecule has 1 aromatic carbocycles. The summed E-state index contributed by atoms with van der Waals surface area (Å²) in [6.45, 7) is 1.92. The monoisotopic (exact) mass is 323 g/mol. The molecular weight excluding hydrogens is 309 g/mol. The fraction of sp³-hybridized carbons (Fsp3) is 0.455. The quantitative estimate of drug-likeness (QED) is 0.818. The van der Waals surface area contributed by atoms with Crippen LogP contribution in [0.25, 0.3) is 0 Å². The van der Waals surface area contributed by atoms with Gasteiger partial charge in [0.1, 0.15) is 5.82 Å². The van der Waals surface area contributed by atoms with E-state index in [9.17, 15) is 12.8 Å². The highest BCUT2D eigenvalue weighted by Gasteiger charge is 2.18. The lowest BCUT2D eigenvalue weighted by Gasteiger charge is -2.15. The smallest absolute Gasteiger partial charge is 0.208 e. The zero-order chi connectivity index (χ0) is 12.9. The summed E-state index contributed by atoms with van der Waals surface area (Å²) in [5, 5.41) is 0.734. The molecule has 3 nitrogen and oxygen atoms in total. The van der Waals surface area contributed by atoms with Gasteiger partial charge in [-0.15, -0.1) is 0 Å². The molecule has 0 aromatic heterocycles. The van der Waals surface area contributed by atoms with Crippen LogP contribution in [0.2, 0.25) is 0 Å². The van der Waals surface area contributed by atoms with Crippen molar-refractivity contribution in [1.82, 2.24) is 4.72 Å². The molecule has 1 rings (SSSR count). The van der Waals surface area contributed by atoms with Crippen molar-refractivity contribution < 1.29 is 12.8 Å². The van der Waals surface area contributed by atoms with Gasteiger partial charge in [0.15, 0.2) is 0 Å². The third kappa shape index (κ3) is 4.37. The maximum absolute atomic E-state index is 12.7. The minimum Gasteiger partial charge on any atom is -0.208 e. The highest BCUT2D eigenvalue weighted by molar-refractivity contribution is 9.09. The Kier molecular flexibility index (Phi) is 5.55. The first-order valence-corrected chi connectivity index (χ1v) is 7.94. The Morgan fingerprint density at radius 2 is 1.94 bits per heavy atom. The molecule has 0 amide bonds. The summed E-state index contributed by atoms with van der Waals surface area (Å²) in [6.07, 6.45) is 1.43. The second kappa shape index (κ2) is 6.47. The third-order valence-corrected chi connectivity index (χ3v) is 4.39. The molecule has 0 aliphatic carbocycles. The molecule has 0 saturated heterocycles. The molecule has 0 fully saturated rings. The van der Waals surface area contributed by atoms with E-state index in [1.54, 1.807) is 0 Å². The zero-order valence-corrected chi connectivity index (χ0v) is 11.9. The summed E-state index contributed by atoms with van der Waals surface area (Å²) in [4.78, 5) is 0.0897. The first kappa shape index (κ1) is 14.6. The van der Waals surface area contributed by atoms with E-state index in [0.717, 1.165) is 23.9 Å². The van der Waals surface area contributed by atoms with E-state index in [1.807, 2.05) is 6.92 Å². The molecule has 0 saturated carbocycles. The molecule has 1 atom stereocenters. The second-order valence-electron chi connectivity index (χ2n) is 3.66. The fourth-order valence-corrected chi connectivity index (χ4v) is 3.29. The van der Waals surface area contributed by atoms with Crippen molar-refractivity contribution >= 4 is 26.0 Å². The van der Waals surface area contributed by atoms with Gasteiger partial charge in [0, 0.05) is 11.4 Å². The molecule has 0 radical (unpaired) electrons. The molecule has 0 aliphatic rings. The molecular formula is C11H15BrFNO2S. The van der Waals surface area contributed by atoms with Crippen LogP contribution >= 0.6 is 15.9 Å². The van der Waals surface area contributed by atoms with E-state index in [2.05, 4.69) is 20.7 Å². The summed E-state index contributed by atoms with van der Waals surface area (Å²) in [6, 6.07) is 4.70. The van der Waals surface area contributed by atoms with Crippen molar-refractivity contribution in [1.29, 1.82) is 0 Å². The number of rotatable bonds is 6. The van der Waals surface area contributed by atoms with Crippen LogP contribution in [-0.2, 0) is 10.0 Å². The van der Waals surface area contributed by atoms with Gasteiger partial charge in [0.2, 0.25) is 10.0 Å². The molecule has 17 heavy (non-hydrogen) atoms. The van der Waals surface area contributed by atoms with Crippen molar-refractivity contribution in [2.75, 3.05) is 5.33 Å².